The zero-order valence-corrected chi connectivity index (χ0v) is 18.6. The number of nitrogens with one attached hydrogen (secondary N) is 1. The number of anilines is 1. The molecule has 31 heavy (non-hydrogen) atoms. The number of aliphatic hydroxyl groups is 1. The molecular formula is C22H27N5O3S. The van der Waals surface area contributed by atoms with Gasteiger partial charge in [-0.2, -0.15) is 0 Å². The maximum atomic E-state index is 12.8. The standard InChI is InChI=1S/C22H27N5O3S/c1-26(2)20-15(5-3-7-23-20)13-27-10-12-30-17(14-27)18-16-6-4-8-25-22(16)31-19(18)21(29)24-9-11-28/h3-8,17,28H,9-14H2,1-2H3,(H,24,29)/t17-/m1/s1. The zero-order valence-electron chi connectivity index (χ0n) is 17.7. The van der Waals surface area contributed by atoms with Crippen LogP contribution in [0.1, 0.15) is 26.9 Å². The lowest BCUT2D eigenvalue weighted by molar-refractivity contribution is -0.0323. The molecule has 8 nitrogen and oxygen atoms in total. The van der Waals surface area contributed by atoms with Gasteiger partial charge in [0.15, 0.2) is 0 Å². The van der Waals surface area contributed by atoms with Gasteiger partial charge in [-0.25, -0.2) is 9.97 Å². The number of amides is 1. The lowest BCUT2D eigenvalue weighted by atomic mass is 10.0. The van der Waals surface area contributed by atoms with Gasteiger partial charge in [-0.3, -0.25) is 9.69 Å². The summed E-state index contributed by atoms with van der Waals surface area (Å²) < 4.78 is 6.15. The van der Waals surface area contributed by atoms with Crippen LogP contribution in [-0.2, 0) is 11.3 Å². The van der Waals surface area contributed by atoms with Crippen LogP contribution in [0.5, 0.6) is 0 Å². The van der Waals surface area contributed by atoms with Gasteiger partial charge >= 0.3 is 0 Å². The van der Waals surface area contributed by atoms with E-state index in [2.05, 4.69) is 26.3 Å². The molecule has 0 radical (unpaired) electrons. The van der Waals surface area contributed by atoms with E-state index in [9.17, 15) is 4.79 Å². The van der Waals surface area contributed by atoms with Gasteiger partial charge in [0, 0.05) is 69.2 Å². The zero-order chi connectivity index (χ0) is 21.8. The van der Waals surface area contributed by atoms with Gasteiger partial charge in [0.2, 0.25) is 0 Å². The molecule has 4 heterocycles. The Morgan fingerprint density at radius 3 is 2.94 bits per heavy atom. The quantitative estimate of drug-likeness (QED) is 0.580. The summed E-state index contributed by atoms with van der Waals surface area (Å²) in [6.07, 6.45) is 3.31. The average molecular weight is 442 g/mol. The summed E-state index contributed by atoms with van der Waals surface area (Å²) >= 11 is 1.37. The predicted octanol–water partition coefficient (Wildman–Crippen LogP) is 2.05. The molecule has 0 aliphatic carbocycles. The highest BCUT2D eigenvalue weighted by Gasteiger charge is 2.30. The molecule has 1 saturated heterocycles. The van der Waals surface area contributed by atoms with Gasteiger partial charge in [0.05, 0.1) is 19.3 Å². The second-order valence-corrected chi connectivity index (χ2v) is 8.65. The minimum atomic E-state index is -0.235. The molecule has 0 bridgehead atoms. The van der Waals surface area contributed by atoms with Crippen molar-refractivity contribution in [2.75, 3.05) is 51.8 Å². The second kappa shape index (κ2) is 9.69. The highest BCUT2D eigenvalue weighted by molar-refractivity contribution is 7.20. The summed E-state index contributed by atoms with van der Waals surface area (Å²) in [5.74, 6) is 0.759. The van der Waals surface area contributed by atoms with Gasteiger partial charge < -0.3 is 20.1 Å². The fourth-order valence-corrected chi connectivity index (χ4v) is 5.02. The van der Waals surface area contributed by atoms with Crippen molar-refractivity contribution < 1.29 is 14.6 Å². The summed E-state index contributed by atoms with van der Waals surface area (Å²) in [7, 11) is 3.99. The van der Waals surface area contributed by atoms with E-state index >= 15 is 0 Å². The van der Waals surface area contributed by atoms with Gasteiger partial charge in [0.25, 0.3) is 5.91 Å². The first-order valence-corrected chi connectivity index (χ1v) is 11.1. The second-order valence-electron chi connectivity index (χ2n) is 7.66. The molecule has 0 unspecified atom stereocenters. The van der Waals surface area contributed by atoms with E-state index in [0.29, 0.717) is 18.0 Å². The minimum Gasteiger partial charge on any atom is -0.395 e. The van der Waals surface area contributed by atoms with Crippen molar-refractivity contribution in [1.29, 1.82) is 0 Å². The molecule has 164 valence electrons. The number of nitrogens with zero attached hydrogens (tertiary/aromatic N) is 4. The third-order valence-electron chi connectivity index (χ3n) is 5.27. The first-order valence-electron chi connectivity index (χ1n) is 10.3. The predicted molar refractivity (Wildman–Crippen MR) is 122 cm³/mol. The fraction of sp³-hybridized carbons (Fsp3) is 0.409. The Morgan fingerprint density at radius 1 is 1.32 bits per heavy atom. The van der Waals surface area contributed by atoms with Crippen LogP contribution in [0.4, 0.5) is 5.82 Å². The third kappa shape index (κ3) is 4.69. The van der Waals surface area contributed by atoms with Crippen LogP contribution in [0.15, 0.2) is 36.7 Å². The topological polar surface area (TPSA) is 90.8 Å². The van der Waals surface area contributed by atoms with Crippen LogP contribution < -0.4 is 10.2 Å². The Morgan fingerprint density at radius 2 is 2.13 bits per heavy atom. The average Bonchev–Trinajstić information content (AvgIpc) is 3.17. The fourth-order valence-electron chi connectivity index (χ4n) is 3.91. The molecule has 4 rings (SSSR count). The molecule has 0 saturated carbocycles. The minimum absolute atomic E-state index is 0.1000. The lowest BCUT2D eigenvalue weighted by Crippen LogP contribution is -2.38. The highest BCUT2D eigenvalue weighted by Crippen LogP contribution is 2.37. The molecule has 3 aromatic rings. The first-order chi connectivity index (χ1) is 15.1. The van der Waals surface area contributed by atoms with Gasteiger partial charge in [-0.05, 0) is 12.1 Å². The SMILES string of the molecule is CN(C)c1ncccc1CN1CCO[C@@H](c2c(C(=O)NCCO)sc3ncccc23)C1. The van der Waals surface area contributed by atoms with Crippen molar-refractivity contribution in [3.63, 3.8) is 0 Å². The number of aromatic nitrogens is 2. The summed E-state index contributed by atoms with van der Waals surface area (Å²) in [4.78, 5) is 27.5. The van der Waals surface area contributed by atoms with Crippen LogP contribution in [0.3, 0.4) is 0 Å². The smallest absolute Gasteiger partial charge is 0.261 e. The molecule has 0 aromatic carbocycles. The van der Waals surface area contributed by atoms with Crippen molar-refractivity contribution >= 4 is 33.3 Å². The van der Waals surface area contributed by atoms with Crippen molar-refractivity contribution in [2.45, 2.75) is 12.6 Å². The number of fused-ring (bicyclic) bond motifs is 1. The molecule has 1 amide bonds. The number of carbonyl (C=O) groups is 1. The Balaban J connectivity index is 1.62. The molecule has 1 aliphatic rings. The number of thiophene rings is 1. The molecule has 9 heteroatoms. The number of hydrogen-bond donors (Lipinski definition) is 2. The van der Waals surface area contributed by atoms with E-state index < -0.39 is 0 Å². The molecule has 2 N–H and O–H groups in total. The number of rotatable bonds is 7. The number of hydrogen-bond acceptors (Lipinski definition) is 8. The summed E-state index contributed by atoms with van der Waals surface area (Å²) in [6, 6.07) is 7.94. The maximum absolute atomic E-state index is 12.8. The van der Waals surface area contributed by atoms with Crippen LogP contribution >= 0.6 is 11.3 Å². The summed E-state index contributed by atoms with van der Waals surface area (Å²) in [5, 5.41) is 12.8. The molecule has 1 fully saturated rings. The Hall–Kier alpha value is -2.59. The molecule has 3 aromatic heterocycles. The lowest BCUT2D eigenvalue weighted by Gasteiger charge is -2.34. The summed E-state index contributed by atoms with van der Waals surface area (Å²) in [6.45, 7) is 2.93. The van der Waals surface area contributed by atoms with Gasteiger partial charge in [-0.1, -0.05) is 12.1 Å². The van der Waals surface area contributed by atoms with Crippen LogP contribution in [0, 0.1) is 0 Å². The van der Waals surface area contributed by atoms with E-state index in [1.165, 1.54) is 11.3 Å². The largest absolute Gasteiger partial charge is 0.395 e. The highest BCUT2D eigenvalue weighted by atomic mass is 32.1. The third-order valence-corrected chi connectivity index (χ3v) is 6.39. The van der Waals surface area contributed by atoms with E-state index in [4.69, 9.17) is 9.84 Å². The van der Waals surface area contributed by atoms with E-state index in [0.717, 1.165) is 40.3 Å². The maximum Gasteiger partial charge on any atom is 0.261 e. The van der Waals surface area contributed by atoms with Crippen LogP contribution in [0.25, 0.3) is 10.2 Å². The Bertz CT molecular complexity index is 1050. The van der Waals surface area contributed by atoms with Crippen molar-refractivity contribution in [1.82, 2.24) is 20.2 Å². The van der Waals surface area contributed by atoms with Crippen LogP contribution in [-0.4, -0.2) is 72.8 Å². The molecule has 1 atom stereocenters. The molecule has 1 aliphatic heterocycles. The number of aliphatic hydroxyl groups excluding tert-OH is 1. The summed E-state index contributed by atoms with van der Waals surface area (Å²) in [5.41, 5.74) is 2.04. The van der Waals surface area contributed by atoms with Gasteiger partial charge in [-0.15, -0.1) is 11.3 Å². The normalized spacial score (nSPS) is 17.1. The number of morpholine rings is 1. The first kappa shape index (κ1) is 21.6. The molecule has 0 spiro atoms. The number of ether oxygens (including phenoxy) is 1. The van der Waals surface area contributed by atoms with Gasteiger partial charge in [0.1, 0.15) is 15.5 Å². The molecular weight excluding hydrogens is 414 g/mol. The van der Waals surface area contributed by atoms with Crippen LogP contribution in [0.2, 0.25) is 0 Å². The Labute approximate surface area is 185 Å². The van der Waals surface area contributed by atoms with Crippen molar-refractivity contribution in [3.05, 3.63) is 52.7 Å². The Kier molecular flexibility index (Phi) is 6.77. The monoisotopic (exact) mass is 441 g/mol. The van der Waals surface area contributed by atoms with Crippen molar-refractivity contribution in [3.8, 4) is 0 Å². The number of pyridine rings is 2. The van der Waals surface area contributed by atoms with E-state index in [1.54, 1.807) is 6.20 Å². The van der Waals surface area contributed by atoms with E-state index in [-0.39, 0.29) is 25.2 Å². The van der Waals surface area contributed by atoms with Crippen molar-refractivity contribution in [2.24, 2.45) is 0 Å². The van der Waals surface area contributed by atoms with E-state index in [1.807, 2.05) is 43.4 Å². The number of carbonyl (C=O) groups excluding carboxylic acids is 1.